The number of hydrogen-bond donors (Lipinski definition) is 3. The Labute approximate surface area is 122 Å². The number of anilines is 1. The van der Waals surface area contributed by atoms with Gasteiger partial charge in [-0.1, -0.05) is 18.2 Å². The van der Waals surface area contributed by atoms with Gasteiger partial charge in [0.15, 0.2) is 0 Å². The van der Waals surface area contributed by atoms with Crippen LogP contribution < -0.4 is 11.3 Å². The van der Waals surface area contributed by atoms with Crippen molar-refractivity contribution in [3.8, 4) is 0 Å². The van der Waals surface area contributed by atoms with Gasteiger partial charge in [-0.25, -0.2) is 10.8 Å². The number of hydrazine groups is 1. The van der Waals surface area contributed by atoms with Gasteiger partial charge in [-0.2, -0.15) is 0 Å². The zero-order chi connectivity index (χ0) is 14.8. The Bertz CT molecular complexity index is 674. The number of nitrogens with zero attached hydrogens (tertiary/aromatic N) is 2. The highest BCUT2D eigenvalue weighted by Gasteiger charge is 2.29. The van der Waals surface area contributed by atoms with E-state index in [1.807, 2.05) is 24.3 Å². The first-order valence-corrected chi connectivity index (χ1v) is 7.03. The van der Waals surface area contributed by atoms with Crippen molar-refractivity contribution in [2.75, 3.05) is 18.6 Å². The summed E-state index contributed by atoms with van der Waals surface area (Å²) in [4.78, 5) is 18.9. The van der Waals surface area contributed by atoms with Gasteiger partial charge in [-0.3, -0.25) is 4.79 Å². The van der Waals surface area contributed by atoms with Crippen LogP contribution in [-0.4, -0.2) is 40.1 Å². The van der Waals surface area contributed by atoms with Crippen LogP contribution in [0.4, 0.5) is 5.82 Å². The molecule has 2 aromatic rings. The SMILES string of the molecule is NNc1cc(C(=O)N2CCCC2CO)c2ccccc2n1. The van der Waals surface area contributed by atoms with E-state index < -0.39 is 0 Å². The zero-order valence-corrected chi connectivity index (χ0v) is 11.6. The lowest BCUT2D eigenvalue weighted by atomic mass is 10.1. The fourth-order valence-corrected chi connectivity index (χ4v) is 2.87. The average molecular weight is 286 g/mol. The Hall–Kier alpha value is -2.18. The second kappa shape index (κ2) is 5.67. The third kappa shape index (κ3) is 2.43. The Balaban J connectivity index is 2.08. The van der Waals surface area contributed by atoms with E-state index in [-0.39, 0.29) is 18.6 Å². The number of carbonyl (C=O) groups is 1. The van der Waals surface area contributed by atoms with Gasteiger partial charge in [0.2, 0.25) is 0 Å². The lowest BCUT2D eigenvalue weighted by molar-refractivity contribution is 0.0679. The number of pyridine rings is 1. The Kier molecular flexibility index (Phi) is 3.72. The summed E-state index contributed by atoms with van der Waals surface area (Å²) in [6.45, 7) is 0.669. The van der Waals surface area contributed by atoms with Crippen molar-refractivity contribution in [2.24, 2.45) is 5.84 Å². The van der Waals surface area contributed by atoms with Crippen LogP contribution in [0.2, 0.25) is 0 Å². The monoisotopic (exact) mass is 286 g/mol. The predicted octanol–water partition coefficient (Wildman–Crippen LogP) is 1.12. The smallest absolute Gasteiger partial charge is 0.255 e. The molecule has 1 aliphatic rings. The minimum Gasteiger partial charge on any atom is -0.394 e. The molecule has 0 spiro atoms. The number of fused-ring (bicyclic) bond motifs is 1. The van der Waals surface area contributed by atoms with E-state index in [9.17, 15) is 9.90 Å². The Morgan fingerprint density at radius 2 is 2.29 bits per heavy atom. The summed E-state index contributed by atoms with van der Waals surface area (Å²) in [6.07, 6.45) is 1.76. The molecule has 1 fully saturated rings. The van der Waals surface area contributed by atoms with Crippen molar-refractivity contribution >= 4 is 22.6 Å². The predicted molar refractivity (Wildman–Crippen MR) is 80.7 cm³/mol. The average Bonchev–Trinajstić information content (AvgIpc) is 3.01. The first-order valence-electron chi connectivity index (χ1n) is 7.03. The Morgan fingerprint density at radius 3 is 3.05 bits per heavy atom. The van der Waals surface area contributed by atoms with Crippen LogP contribution in [0.3, 0.4) is 0 Å². The molecule has 3 rings (SSSR count). The molecule has 4 N–H and O–H groups in total. The fourth-order valence-electron chi connectivity index (χ4n) is 2.87. The molecule has 110 valence electrons. The van der Waals surface area contributed by atoms with Gasteiger partial charge in [0.25, 0.3) is 5.91 Å². The highest BCUT2D eigenvalue weighted by atomic mass is 16.3. The number of benzene rings is 1. The Morgan fingerprint density at radius 1 is 1.48 bits per heavy atom. The highest BCUT2D eigenvalue weighted by molar-refractivity contribution is 6.07. The summed E-state index contributed by atoms with van der Waals surface area (Å²) in [6, 6.07) is 9.04. The van der Waals surface area contributed by atoms with Crippen LogP contribution in [0.15, 0.2) is 30.3 Å². The quantitative estimate of drug-likeness (QED) is 0.581. The van der Waals surface area contributed by atoms with Gasteiger partial charge in [0.1, 0.15) is 5.82 Å². The van der Waals surface area contributed by atoms with Crippen LogP contribution >= 0.6 is 0 Å². The summed E-state index contributed by atoms with van der Waals surface area (Å²) in [7, 11) is 0. The standard InChI is InChI=1S/C15H18N4O2/c16-18-14-8-12(11-5-1-2-6-13(11)17-14)15(21)19-7-3-4-10(19)9-20/h1-2,5-6,8,10,20H,3-4,7,9,16H2,(H,17,18). The number of aliphatic hydroxyl groups is 1. The number of aliphatic hydroxyl groups excluding tert-OH is 1. The van der Waals surface area contributed by atoms with E-state index in [0.29, 0.717) is 17.9 Å². The van der Waals surface area contributed by atoms with Crippen molar-refractivity contribution in [3.05, 3.63) is 35.9 Å². The summed E-state index contributed by atoms with van der Waals surface area (Å²) in [5.41, 5.74) is 3.78. The topological polar surface area (TPSA) is 91.5 Å². The maximum Gasteiger partial charge on any atom is 0.255 e. The summed E-state index contributed by atoms with van der Waals surface area (Å²) in [5.74, 6) is 5.81. The van der Waals surface area contributed by atoms with Crippen LogP contribution in [-0.2, 0) is 0 Å². The number of carbonyl (C=O) groups excluding carboxylic acids is 1. The molecule has 1 amide bonds. The second-order valence-corrected chi connectivity index (χ2v) is 5.19. The molecular formula is C15H18N4O2. The number of hydrogen-bond acceptors (Lipinski definition) is 5. The third-order valence-electron chi connectivity index (χ3n) is 3.94. The molecule has 6 nitrogen and oxygen atoms in total. The highest BCUT2D eigenvalue weighted by Crippen LogP contribution is 2.25. The van der Waals surface area contributed by atoms with Crippen molar-refractivity contribution in [1.82, 2.24) is 9.88 Å². The van der Waals surface area contributed by atoms with Gasteiger partial charge in [0, 0.05) is 11.9 Å². The maximum atomic E-state index is 12.8. The largest absolute Gasteiger partial charge is 0.394 e. The van der Waals surface area contributed by atoms with Crippen molar-refractivity contribution in [2.45, 2.75) is 18.9 Å². The molecule has 1 unspecified atom stereocenters. The number of para-hydroxylation sites is 1. The number of rotatable bonds is 3. The van der Waals surface area contributed by atoms with Crippen LogP contribution in [0.25, 0.3) is 10.9 Å². The molecule has 0 radical (unpaired) electrons. The molecule has 0 aliphatic carbocycles. The molecule has 6 heteroatoms. The molecule has 0 saturated carbocycles. The number of likely N-dealkylation sites (tertiary alicyclic amines) is 1. The zero-order valence-electron chi connectivity index (χ0n) is 11.6. The number of amides is 1. The van der Waals surface area contributed by atoms with E-state index in [4.69, 9.17) is 5.84 Å². The van der Waals surface area contributed by atoms with Gasteiger partial charge in [0.05, 0.1) is 23.7 Å². The normalized spacial score (nSPS) is 18.2. The molecule has 1 atom stereocenters. The minimum absolute atomic E-state index is 0.00322. The summed E-state index contributed by atoms with van der Waals surface area (Å²) >= 11 is 0. The number of nitrogens with two attached hydrogens (primary N) is 1. The van der Waals surface area contributed by atoms with Gasteiger partial charge in [-0.05, 0) is 25.0 Å². The van der Waals surface area contributed by atoms with Crippen LogP contribution in [0.1, 0.15) is 23.2 Å². The molecule has 1 saturated heterocycles. The van der Waals surface area contributed by atoms with Crippen LogP contribution in [0.5, 0.6) is 0 Å². The van der Waals surface area contributed by atoms with Gasteiger partial charge in [-0.15, -0.1) is 0 Å². The molecule has 0 bridgehead atoms. The molecule has 21 heavy (non-hydrogen) atoms. The maximum absolute atomic E-state index is 12.8. The summed E-state index contributed by atoms with van der Waals surface area (Å²) < 4.78 is 0. The molecule has 1 aromatic carbocycles. The first-order chi connectivity index (χ1) is 10.2. The molecular weight excluding hydrogens is 268 g/mol. The molecule has 1 aliphatic heterocycles. The van der Waals surface area contributed by atoms with Gasteiger partial charge >= 0.3 is 0 Å². The number of aromatic nitrogens is 1. The van der Waals surface area contributed by atoms with Crippen molar-refractivity contribution < 1.29 is 9.90 Å². The molecule has 1 aromatic heterocycles. The van der Waals surface area contributed by atoms with E-state index in [0.717, 1.165) is 23.7 Å². The van der Waals surface area contributed by atoms with E-state index >= 15 is 0 Å². The summed E-state index contributed by atoms with van der Waals surface area (Å²) in [5, 5.41) is 10.2. The van der Waals surface area contributed by atoms with E-state index in [1.54, 1.807) is 11.0 Å². The first kappa shape index (κ1) is 13.8. The van der Waals surface area contributed by atoms with Crippen molar-refractivity contribution in [3.63, 3.8) is 0 Å². The lowest BCUT2D eigenvalue weighted by Crippen LogP contribution is -2.37. The minimum atomic E-state index is -0.0984. The lowest BCUT2D eigenvalue weighted by Gasteiger charge is -2.23. The van der Waals surface area contributed by atoms with E-state index in [2.05, 4.69) is 10.4 Å². The third-order valence-corrected chi connectivity index (χ3v) is 3.94. The number of nitrogens with one attached hydrogen (secondary N) is 1. The number of nitrogen functional groups attached to an aromatic ring is 1. The van der Waals surface area contributed by atoms with Crippen LogP contribution in [0, 0.1) is 0 Å². The van der Waals surface area contributed by atoms with Crippen molar-refractivity contribution in [1.29, 1.82) is 0 Å². The van der Waals surface area contributed by atoms with Gasteiger partial charge < -0.3 is 15.4 Å². The molecule has 2 heterocycles. The fraction of sp³-hybridized carbons (Fsp3) is 0.333. The van der Waals surface area contributed by atoms with E-state index in [1.165, 1.54) is 0 Å². The second-order valence-electron chi connectivity index (χ2n) is 5.19.